The van der Waals surface area contributed by atoms with Crippen molar-refractivity contribution in [2.24, 2.45) is 5.92 Å². The fourth-order valence-corrected chi connectivity index (χ4v) is 3.44. The predicted octanol–water partition coefficient (Wildman–Crippen LogP) is 2.64. The van der Waals surface area contributed by atoms with Crippen LogP contribution < -0.4 is 5.32 Å². The summed E-state index contributed by atoms with van der Waals surface area (Å²) < 4.78 is 0. The van der Waals surface area contributed by atoms with Crippen LogP contribution in [0.5, 0.6) is 0 Å². The van der Waals surface area contributed by atoms with E-state index in [4.69, 9.17) is 0 Å². The second-order valence-electron chi connectivity index (χ2n) is 5.67. The molecule has 1 saturated carbocycles. The lowest BCUT2D eigenvalue weighted by atomic mass is 9.98. The number of nitrogens with one attached hydrogen (secondary N) is 1. The Morgan fingerprint density at radius 2 is 1.94 bits per heavy atom. The molecule has 2 fully saturated rings. The minimum Gasteiger partial charge on any atom is -0.313 e. The van der Waals surface area contributed by atoms with Gasteiger partial charge in [-0.3, -0.25) is 4.90 Å². The highest BCUT2D eigenvalue weighted by Gasteiger charge is 2.27. The van der Waals surface area contributed by atoms with Crippen molar-refractivity contribution in [1.82, 2.24) is 10.2 Å². The second kappa shape index (κ2) is 6.02. The number of rotatable bonds is 3. The molecule has 0 amide bonds. The number of nitrogens with zero attached hydrogens (tertiary/aromatic N) is 1. The molecule has 2 heteroatoms. The highest BCUT2D eigenvalue weighted by atomic mass is 15.2. The highest BCUT2D eigenvalue weighted by molar-refractivity contribution is 4.83. The van der Waals surface area contributed by atoms with E-state index in [0.29, 0.717) is 0 Å². The van der Waals surface area contributed by atoms with Crippen LogP contribution in [0.4, 0.5) is 0 Å². The van der Waals surface area contributed by atoms with Gasteiger partial charge in [0.25, 0.3) is 0 Å². The van der Waals surface area contributed by atoms with Crippen molar-refractivity contribution in [3.8, 4) is 0 Å². The summed E-state index contributed by atoms with van der Waals surface area (Å²) in [5, 5.41) is 3.67. The Bertz CT molecular complexity index is 199. The van der Waals surface area contributed by atoms with Crippen molar-refractivity contribution in [3.63, 3.8) is 0 Å². The third-order valence-electron chi connectivity index (χ3n) is 4.75. The van der Waals surface area contributed by atoms with Crippen LogP contribution in [0.15, 0.2) is 0 Å². The molecule has 0 radical (unpaired) electrons. The Kier molecular flexibility index (Phi) is 4.66. The molecule has 0 aromatic heterocycles. The molecule has 1 aliphatic carbocycles. The third-order valence-corrected chi connectivity index (χ3v) is 4.75. The van der Waals surface area contributed by atoms with Gasteiger partial charge in [0.2, 0.25) is 0 Å². The van der Waals surface area contributed by atoms with Gasteiger partial charge in [-0.25, -0.2) is 0 Å². The van der Waals surface area contributed by atoms with Gasteiger partial charge in [0.15, 0.2) is 0 Å². The molecule has 2 rings (SSSR count). The summed E-state index contributed by atoms with van der Waals surface area (Å²) in [7, 11) is 0. The predicted molar refractivity (Wildman–Crippen MR) is 69.7 cm³/mol. The van der Waals surface area contributed by atoms with E-state index in [2.05, 4.69) is 24.1 Å². The summed E-state index contributed by atoms with van der Waals surface area (Å²) in [5.74, 6) is 0.984. The first-order valence-corrected chi connectivity index (χ1v) is 7.28. The van der Waals surface area contributed by atoms with Gasteiger partial charge in [-0.05, 0) is 45.1 Å². The topological polar surface area (TPSA) is 15.3 Å². The third kappa shape index (κ3) is 2.98. The maximum atomic E-state index is 3.67. The Hall–Kier alpha value is -0.0800. The van der Waals surface area contributed by atoms with Crippen LogP contribution >= 0.6 is 0 Å². The molecular weight excluding hydrogens is 196 g/mol. The van der Waals surface area contributed by atoms with Crippen molar-refractivity contribution in [3.05, 3.63) is 0 Å². The van der Waals surface area contributed by atoms with E-state index in [1.54, 1.807) is 0 Å². The van der Waals surface area contributed by atoms with Crippen LogP contribution in [0.25, 0.3) is 0 Å². The Balaban J connectivity index is 1.83. The first-order chi connectivity index (χ1) is 7.81. The number of hydrogen-bond acceptors (Lipinski definition) is 2. The van der Waals surface area contributed by atoms with Crippen LogP contribution in [-0.2, 0) is 0 Å². The first kappa shape index (κ1) is 12.4. The van der Waals surface area contributed by atoms with E-state index in [9.17, 15) is 0 Å². The summed E-state index contributed by atoms with van der Waals surface area (Å²) in [5.41, 5.74) is 0. The quantitative estimate of drug-likeness (QED) is 0.793. The Morgan fingerprint density at radius 3 is 2.62 bits per heavy atom. The molecular formula is C14H28N2. The van der Waals surface area contributed by atoms with E-state index in [1.165, 1.54) is 58.2 Å². The Labute approximate surface area is 101 Å². The minimum atomic E-state index is 0.765. The van der Waals surface area contributed by atoms with Crippen LogP contribution in [-0.4, -0.2) is 36.6 Å². The van der Waals surface area contributed by atoms with E-state index < -0.39 is 0 Å². The molecule has 0 aromatic carbocycles. The fourth-order valence-electron chi connectivity index (χ4n) is 3.44. The molecule has 1 saturated heterocycles. The lowest BCUT2D eigenvalue weighted by Crippen LogP contribution is -2.39. The van der Waals surface area contributed by atoms with Crippen LogP contribution in [0.1, 0.15) is 52.4 Å². The van der Waals surface area contributed by atoms with Crippen molar-refractivity contribution in [1.29, 1.82) is 0 Å². The molecule has 0 bridgehead atoms. The molecule has 1 heterocycles. The molecule has 2 aliphatic rings. The lowest BCUT2D eigenvalue weighted by Gasteiger charge is -2.31. The SMILES string of the molecule is CCC1CCN(C(C)C2CCCC2)CCN1. The van der Waals surface area contributed by atoms with Gasteiger partial charge in [0, 0.05) is 25.2 Å². The molecule has 94 valence electrons. The maximum absolute atomic E-state index is 3.67. The molecule has 1 N–H and O–H groups in total. The average Bonchev–Trinajstić information content (AvgIpc) is 2.73. The maximum Gasteiger partial charge on any atom is 0.0110 e. The summed E-state index contributed by atoms with van der Waals surface area (Å²) in [4.78, 5) is 2.73. The fraction of sp³-hybridized carbons (Fsp3) is 1.00. The Morgan fingerprint density at radius 1 is 1.19 bits per heavy atom. The molecule has 0 aromatic rings. The van der Waals surface area contributed by atoms with Crippen LogP contribution in [0, 0.1) is 5.92 Å². The van der Waals surface area contributed by atoms with Crippen molar-refractivity contribution in [2.45, 2.75) is 64.5 Å². The van der Waals surface area contributed by atoms with Crippen molar-refractivity contribution < 1.29 is 0 Å². The van der Waals surface area contributed by atoms with E-state index in [1.807, 2.05) is 0 Å². The monoisotopic (exact) mass is 224 g/mol. The summed E-state index contributed by atoms with van der Waals surface area (Å²) in [6.07, 6.45) is 8.52. The zero-order valence-electron chi connectivity index (χ0n) is 11.0. The van der Waals surface area contributed by atoms with Crippen LogP contribution in [0.3, 0.4) is 0 Å². The number of hydrogen-bond donors (Lipinski definition) is 1. The molecule has 16 heavy (non-hydrogen) atoms. The van der Waals surface area contributed by atoms with Crippen molar-refractivity contribution in [2.75, 3.05) is 19.6 Å². The molecule has 2 atom stereocenters. The standard InChI is InChI=1S/C14H28N2/c1-3-14-8-10-16(11-9-15-14)12(2)13-6-4-5-7-13/h12-15H,3-11H2,1-2H3. The smallest absolute Gasteiger partial charge is 0.0110 e. The van der Waals surface area contributed by atoms with Gasteiger partial charge in [-0.2, -0.15) is 0 Å². The summed E-state index contributed by atoms with van der Waals surface area (Å²) >= 11 is 0. The molecule has 1 aliphatic heterocycles. The molecule has 0 spiro atoms. The van der Waals surface area contributed by atoms with Gasteiger partial charge >= 0.3 is 0 Å². The van der Waals surface area contributed by atoms with Gasteiger partial charge in [-0.15, -0.1) is 0 Å². The largest absolute Gasteiger partial charge is 0.313 e. The molecule has 2 nitrogen and oxygen atoms in total. The second-order valence-corrected chi connectivity index (χ2v) is 5.67. The highest BCUT2D eigenvalue weighted by Crippen LogP contribution is 2.30. The normalized spacial score (nSPS) is 31.5. The molecule has 2 unspecified atom stereocenters. The average molecular weight is 224 g/mol. The zero-order chi connectivity index (χ0) is 11.4. The van der Waals surface area contributed by atoms with Gasteiger partial charge < -0.3 is 5.32 Å². The van der Waals surface area contributed by atoms with Gasteiger partial charge in [0.1, 0.15) is 0 Å². The van der Waals surface area contributed by atoms with Gasteiger partial charge in [0.05, 0.1) is 0 Å². The minimum absolute atomic E-state index is 0.765. The van der Waals surface area contributed by atoms with E-state index in [-0.39, 0.29) is 0 Å². The van der Waals surface area contributed by atoms with E-state index >= 15 is 0 Å². The summed E-state index contributed by atoms with van der Waals surface area (Å²) in [6, 6.07) is 1.58. The first-order valence-electron chi connectivity index (χ1n) is 7.28. The van der Waals surface area contributed by atoms with Crippen molar-refractivity contribution >= 4 is 0 Å². The van der Waals surface area contributed by atoms with Crippen LogP contribution in [0.2, 0.25) is 0 Å². The van der Waals surface area contributed by atoms with Gasteiger partial charge in [-0.1, -0.05) is 19.8 Å². The summed E-state index contributed by atoms with van der Waals surface area (Å²) in [6.45, 7) is 8.52. The zero-order valence-corrected chi connectivity index (χ0v) is 11.0. The van der Waals surface area contributed by atoms with E-state index in [0.717, 1.165) is 18.0 Å². The lowest BCUT2D eigenvalue weighted by molar-refractivity contribution is 0.164.